The quantitative estimate of drug-likeness (QED) is 0.843. The van der Waals surface area contributed by atoms with Gasteiger partial charge in [0.2, 0.25) is 0 Å². The predicted molar refractivity (Wildman–Crippen MR) is 67.8 cm³/mol. The smallest absolute Gasteiger partial charge is 0.0750 e. The van der Waals surface area contributed by atoms with E-state index < -0.39 is 0 Å². The molecule has 2 nitrogen and oxygen atoms in total. The second-order valence-corrected chi connectivity index (χ2v) is 4.93. The van der Waals surface area contributed by atoms with Gasteiger partial charge >= 0.3 is 0 Å². The van der Waals surface area contributed by atoms with Crippen molar-refractivity contribution in [1.29, 1.82) is 0 Å². The molecular weight excluding hydrogens is 198 g/mol. The molecule has 1 aromatic carbocycles. The molecular formula is C14H21NO. The maximum absolute atomic E-state index is 5.89. The van der Waals surface area contributed by atoms with Crippen LogP contribution >= 0.6 is 0 Å². The summed E-state index contributed by atoms with van der Waals surface area (Å²) in [5.74, 6) is 0.616. The molecule has 0 spiro atoms. The highest BCUT2D eigenvalue weighted by molar-refractivity contribution is 5.51. The SMILES string of the molecule is CC(C)COC1CCc2ccccc2NC1. The van der Waals surface area contributed by atoms with Gasteiger partial charge in [-0.1, -0.05) is 32.0 Å². The summed E-state index contributed by atoms with van der Waals surface area (Å²) in [7, 11) is 0. The lowest BCUT2D eigenvalue weighted by molar-refractivity contribution is 0.0399. The highest BCUT2D eigenvalue weighted by Crippen LogP contribution is 2.22. The molecule has 16 heavy (non-hydrogen) atoms. The summed E-state index contributed by atoms with van der Waals surface area (Å²) >= 11 is 0. The summed E-state index contributed by atoms with van der Waals surface area (Å²) in [4.78, 5) is 0. The summed E-state index contributed by atoms with van der Waals surface area (Å²) in [5, 5.41) is 3.47. The topological polar surface area (TPSA) is 21.3 Å². The van der Waals surface area contributed by atoms with Gasteiger partial charge < -0.3 is 10.1 Å². The molecule has 0 saturated carbocycles. The lowest BCUT2D eigenvalue weighted by Crippen LogP contribution is -2.23. The predicted octanol–water partition coefficient (Wildman–Crippen LogP) is 3.09. The van der Waals surface area contributed by atoms with E-state index in [9.17, 15) is 0 Å². The number of nitrogens with one attached hydrogen (secondary N) is 1. The van der Waals surface area contributed by atoms with Crippen molar-refractivity contribution in [1.82, 2.24) is 0 Å². The minimum Gasteiger partial charge on any atom is -0.382 e. The summed E-state index contributed by atoms with van der Waals surface area (Å²) in [5.41, 5.74) is 2.69. The Morgan fingerprint density at radius 3 is 3.00 bits per heavy atom. The van der Waals surface area contributed by atoms with Crippen LogP contribution in [0, 0.1) is 5.92 Å². The fourth-order valence-corrected chi connectivity index (χ4v) is 2.02. The third-order valence-corrected chi connectivity index (χ3v) is 2.94. The van der Waals surface area contributed by atoms with Crippen molar-refractivity contribution in [3.63, 3.8) is 0 Å². The van der Waals surface area contributed by atoms with Crippen LogP contribution in [0.15, 0.2) is 24.3 Å². The molecule has 1 aliphatic rings. The fourth-order valence-electron chi connectivity index (χ4n) is 2.02. The Bertz CT molecular complexity index is 308. The average Bonchev–Trinajstić information content (AvgIpc) is 2.49. The lowest BCUT2D eigenvalue weighted by Gasteiger charge is -2.17. The fraction of sp³-hybridized carbons (Fsp3) is 0.571. The van der Waals surface area contributed by atoms with Crippen molar-refractivity contribution >= 4 is 5.69 Å². The van der Waals surface area contributed by atoms with Gasteiger partial charge in [-0.05, 0) is 30.4 Å². The Kier molecular flexibility index (Phi) is 3.83. The summed E-state index contributed by atoms with van der Waals surface area (Å²) in [6.45, 7) is 6.18. The van der Waals surface area contributed by atoms with Gasteiger partial charge in [-0.25, -0.2) is 0 Å². The van der Waals surface area contributed by atoms with Gasteiger partial charge in [0.25, 0.3) is 0 Å². The van der Waals surface area contributed by atoms with Crippen molar-refractivity contribution in [2.45, 2.75) is 32.8 Å². The number of hydrogen-bond donors (Lipinski definition) is 1. The molecule has 1 aromatic rings. The number of rotatable bonds is 3. The zero-order valence-corrected chi connectivity index (χ0v) is 10.2. The summed E-state index contributed by atoms with van der Waals surface area (Å²) < 4.78 is 5.89. The number of hydrogen-bond acceptors (Lipinski definition) is 2. The number of aryl methyl sites for hydroxylation is 1. The van der Waals surface area contributed by atoms with Crippen LogP contribution in [-0.4, -0.2) is 19.3 Å². The molecule has 1 atom stereocenters. The van der Waals surface area contributed by atoms with Gasteiger partial charge in [0, 0.05) is 18.8 Å². The highest BCUT2D eigenvalue weighted by Gasteiger charge is 2.15. The van der Waals surface area contributed by atoms with E-state index in [1.807, 2.05) is 0 Å². The van der Waals surface area contributed by atoms with E-state index in [0.29, 0.717) is 12.0 Å². The van der Waals surface area contributed by atoms with Crippen LogP contribution in [0.5, 0.6) is 0 Å². The minimum absolute atomic E-state index is 0.356. The van der Waals surface area contributed by atoms with Crippen molar-refractivity contribution in [2.75, 3.05) is 18.5 Å². The number of para-hydroxylation sites is 1. The van der Waals surface area contributed by atoms with Crippen LogP contribution in [0.25, 0.3) is 0 Å². The first-order chi connectivity index (χ1) is 7.75. The van der Waals surface area contributed by atoms with Gasteiger partial charge in [-0.15, -0.1) is 0 Å². The van der Waals surface area contributed by atoms with Crippen LogP contribution in [0.2, 0.25) is 0 Å². The van der Waals surface area contributed by atoms with Crippen molar-refractivity contribution < 1.29 is 4.74 Å². The Hall–Kier alpha value is -1.02. The average molecular weight is 219 g/mol. The Labute approximate surface area is 98.0 Å². The number of fused-ring (bicyclic) bond motifs is 1. The highest BCUT2D eigenvalue weighted by atomic mass is 16.5. The molecule has 0 amide bonds. The third kappa shape index (κ3) is 2.99. The lowest BCUT2D eigenvalue weighted by atomic mass is 10.1. The van der Waals surface area contributed by atoms with Crippen molar-refractivity contribution in [3.05, 3.63) is 29.8 Å². The first-order valence-electron chi connectivity index (χ1n) is 6.19. The van der Waals surface area contributed by atoms with E-state index in [-0.39, 0.29) is 0 Å². The van der Waals surface area contributed by atoms with E-state index in [1.165, 1.54) is 11.3 Å². The molecule has 1 aliphatic heterocycles. The van der Waals surface area contributed by atoms with Crippen LogP contribution in [0.3, 0.4) is 0 Å². The zero-order chi connectivity index (χ0) is 11.4. The van der Waals surface area contributed by atoms with E-state index in [1.54, 1.807) is 0 Å². The standard InChI is InChI=1S/C14H21NO/c1-11(2)10-16-13-8-7-12-5-3-4-6-14(12)15-9-13/h3-6,11,13,15H,7-10H2,1-2H3. The van der Waals surface area contributed by atoms with Crippen molar-refractivity contribution in [2.24, 2.45) is 5.92 Å². The second kappa shape index (κ2) is 5.35. The van der Waals surface area contributed by atoms with Crippen molar-refractivity contribution in [3.8, 4) is 0 Å². The van der Waals surface area contributed by atoms with Gasteiger partial charge in [0.1, 0.15) is 0 Å². The maximum Gasteiger partial charge on any atom is 0.0750 e. The van der Waals surface area contributed by atoms with Gasteiger partial charge in [-0.2, -0.15) is 0 Å². The molecule has 2 rings (SSSR count). The van der Waals surface area contributed by atoms with Crippen LogP contribution in [0.4, 0.5) is 5.69 Å². The molecule has 1 heterocycles. The molecule has 0 radical (unpaired) electrons. The zero-order valence-electron chi connectivity index (χ0n) is 10.2. The molecule has 1 N–H and O–H groups in total. The number of anilines is 1. The van der Waals surface area contributed by atoms with Crippen LogP contribution in [-0.2, 0) is 11.2 Å². The van der Waals surface area contributed by atoms with E-state index >= 15 is 0 Å². The maximum atomic E-state index is 5.89. The summed E-state index contributed by atoms with van der Waals surface area (Å²) in [6.07, 6.45) is 2.60. The molecule has 88 valence electrons. The Balaban J connectivity index is 1.92. The molecule has 0 aromatic heterocycles. The Morgan fingerprint density at radius 2 is 2.19 bits per heavy atom. The molecule has 1 unspecified atom stereocenters. The molecule has 0 aliphatic carbocycles. The minimum atomic E-state index is 0.356. The van der Waals surface area contributed by atoms with Crippen LogP contribution < -0.4 is 5.32 Å². The molecule has 2 heteroatoms. The molecule has 0 saturated heterocycles. The van der Waals surface area contributed by atoms with Gasteiger partial charge in [-0.3, -0.25) is 0 Å². The van der Waals surface area contributed by atoms with E-state index in [2.05, 4.69) is 43.4 Å². The van der Waals surface area contributed by atoms with E-state index in [0.717, 1.165) is 26.0 Å². The molecule has 0 bridgehead atoms. The first kappa shape index (κ1) is 11.5. The summed E-state index contributed by atoms with van der Waals surface area (Å²) in [6, 6.07) is 8.55. The molecule has 0 fully saturated rings. The first-order valence-corrected chi connectivity index (χ1v) is 6.19. The van der Waals surface area contributed by atoms with Gasteiger partial charge in [0.15, 0.2) is 0 Å². The van der Waals surface area contributed by atoms with E-state index in [4.69, 9.17) is 4.74 Å². The largest absolute Gasteiger partial charge is 0.382 e. The monoisotopic (exact) mass is 219 g/mol. The van der Waals surface area contributed by atoms with Gasteiger partial charge in [0.05, 0.1) is 6.10 Å². The second-order valence-electron chi connectivity index (χ2n) is 4.93. The number of benzene rings is 1. The van der Waals surface area contributed by atoms with Crippen LogP contribution in [0.1, 0.15) is 25.8 Å². The third-order valence-electron chi connectivity index (χ3n) is 2.94. The number of ether oxygens (including phenoxy) is 1. The Morgan fingerprint density at radius 1 is 1.38 bits per heavy atom. The normalized spacial score (nSPS) is 20.1.